The maximum Gasteiger partial charge on any atom is 0.327 e. The number of ether oxygens (including phenoxy) is 1. The minimum Gasteiger partial charge on any atom is -0.468 e. The van der Waals surface area contributed by atoms with Crippen LogP contribution in [0.2, 0.25) is 5.02 Å². The monoisotopic (exact) mass is 355 g/mol. The molecule has 0 N–H and O–H groups in total. The minimum atomic E-state index is -0.447. The van der Waals surface area contributed by atoms with Gasteiger partial charge in [-0.1, -0.05) is 29.8 Å². The predicted molar refractivity (Wildman–Crippen MR) is 95.0 cm³/mol. The Hall–Kier alpha value is -1.01. The summed E-state index contributed by atoms with van der Waals surface area (Å²) in [6.45, 7) is 1.59. The van der Waals surface area contributed by atoms with Crippen molar-refractivity contribution < 1.29 is 9.53 Å². The fourth-order valence-corrected chi connectivity index (χ4v) is 3.90. The Bertz CT molecular complexity index is 659. The average molecular weight is 356 g/mol. The van der Waals surface area contributed by atoms with Gasteiger partial charge in [-0.25, -0.2) is 4.79 Å². The number of rotatable bonds is 3. The van der Waals surface area contributed by atoms with Gasteiger partial charge in [-0.15, -0.1) is 11.3 Å². The van der Waals surface area contributed by atoms with Crippen LogP contribution < -0.4 is 0 Å². The van der Waals surface area contributed by atoms with Gasteiger partial charge in [0.15, 0.2) is 0 Å². The number of halogens is 1. The molecule has 118 valence electrons. The van der Waals surface area contributed by atoms with E-state index in [1.54, 1.807) is 11.3 Å². The molecule has 1 aliphatic heterocycles. The van der Waals surface area contributed by atoms with Gasteiger partial charge in [0.2, 0.25) is 0 Å². The summed E-state index contributed by atoms with van der Waals surface area (Å²) >= 11 is 8.07. The lowest BCUT2D eigenvalue weighted by Gasteiger charge is -2.33. The second kappa shape index (κ2) is 7.51. The molecule has 3 rings (SSSR count). The molecule has 2 aromatic rings. The number of carbonyl (C=O) groups is 1. The molecule has 1 atom stereocenters. The van der Waals surface area contributed by atoms with Crippen molar-refractivity contribution in [2.45, 2.75) is 19.0 Å². The third-order valence-electron chi connectivity index (χ3n) is 3.83. The lowest BCUT2D eigenvalue weighted by molar-refractivity contribution is -0.147. The standard InChI is InChI=1S/C16H16ClNO2S.H2S/c1-20-16(19)15(12-4-2-3-5-13(12)17)18-8-6-14-11(10-18)7-9-21-14;/h2-5,7,9,15H,6,8,10H2,1H3;1H2. The highest BCUT2D eigenvalue weighted by atomic mass is 35.5. The summed E-state index contributed by atoms with van der Waals surface area (Å²) in [6.07, 6.45) is 0.963. The number of hydrogen-bond donors (Lipinski definition) is 0. The van der Waals surface area contributed by atoms with Gasteiger partial charge in [0.1, 0.15) is 6.04 Å². The van der Waals surface area contributed by atoms with Crippen LogP contribution in [-0.2, 0) is 22.5 Å². The lowest BCUT2D eigenvalue weighted by atomic mass is 10.0. The van der Waals surface area contributed by atoms with Crippen LogP contribution in [0.25, 0.3) is 0 Å². The van der Waals surface area contributed by atoms with Crippen LogP contribution in [0, 0.1) is 0 Å². The Labute approximate surface area is 146 Å². The van der Waals surface area contributed by atoms with E-state index in [1.807, 2.05) is 24.3 Å². The number of esters is 1. The Morgan fingerprint density at radius 1 is 1.36 bits per heavy atom. The van der Waals surface area contributed by atoms with Crippen LogP contribution >= 0.6 is 36.4 Å². The summed E-state index contributed by atoms with van der Waals surface area (Å²) in [5.74, 6) is -0.262. The molecule has 0 saturated carbocycles. The van der Waals surface area contributed by atoms with E-state index in [-0.39, 0.29) is 19.5 Å². The fraction of sp³-hybridized carbons (Fsp3) is 0.312. The SMILES string of the molecule is COC(=O)C(c1ccccc1Cl)N1CCc2sccc2C1.S. The van der Waals surface area contributed by atoms with Crippen molar-refractivity contribution in [2.24, 2.45) is 0 Å². The van der Waals surface area contributed by atoms with Gasteiger partial charge in [0, 0.05) is 23.0 Å². The Kier molecular flexibility index (Phi) is 5.92. The molecule has 6 heteroatoms. The Morgan fingerprint density at radius 3 is 2.86 bits per heavy atom. The summed E-state index contributed by atoms with van der Waals surface area (Å²) in [4.78, 5) is 15.8. The second-order valence-electron chi connectivity index (χ2n) is 5.04. The number of carbonyl (C=O) groups excluding carboxylic acids is 1. The van der Waals surface area contributed by atoms with Crippen LogP contribution in [0.3, 0.4) is 0 Å². The molecule has 3 nitrogen and oxygen atoms in total. The van der Waals surface area contributed by atoms with Crippen LogP contribution in [0.15, 0.2) is 35.7 Å². The van der Waals surface area contributed by atoms with Crippen molar-refractivity contribution in [3.63, 3.8) is 0 Å². The van der Waals surface area contributed by atoms with E-state index in [2.05, 4.69) is 16.3 Å². The number of nitrogens with zero attached hydrogens (tertiary/aromatic N) is 1. The van der Waals surface area contributed by atoms with Crippen molar-refractivity contribution in [2.75, 3.05) is 13.7 Å². The van der Waals surface area contributed by atoms with Crippen LogP contribution in [0.5, 0.6) is 0 Å². The third-order valence-corrected chi connectivity index (χ3v) is 5.19. The molecule has 22 heavy (non-hydrogen) atoms. The van der Waals surface area contributed by atoms with Crippen LogP contribution in [0.1, 0.15) is 22.0 Å². The number of hydrogen-bond acceptors (Lipinski definition) is 4. The van der Waals surface area contributed by atoms with E-state index in [4.69, 9.17) is 16.3 Å². The summed E-state index contributed by atoms with van der Waals surface area (Å²) in [5.41, 5.74) is 2.11. The zero-order valence-corrected chi connectivity index (χ0v) is 14.8. The van der Waals surface area contributed by atoms with E-state index in [0.29, 0.717) is 5.02 Å². The van der Waals surface area contributed by atoms with Gasteiger partial charge in [-0.3, -0.25) is 4.90 Å². The Morgan fingerprint density at radius 2 is 2.14 bits per heavy atom. The van der Waals surface area contributed by atoms with E-state index in [0.717, 1.165) is 25.1 Å². The highest BCUT2D eigenvalue weighted by Gasteiger charge is 2.32. The Balaban J connectivity index is 0.00000176. The van der Waals surface area contributed by atoms with Gasteiger partial charge in [-0.05, 0) is 35.1 Å². The smallest absolute Gasteiger partial charge is 0.327 e. The molecule has 1 unspecified atom stereocenters. The zero-order valence-electron chi connectivity index (χ0n) is 12.2. The van der Waals surface area contributed by atoms with Gasteiger partial charge >= 0.3 is 5.97 Å². The molecule has 0 fully saturated rings. The summed E-state index contributed by atoms with van der Waals surface area (Å²) in [7, 11) is 1.42. The zero-order chi connectivity index (χ0) is 14.8. The van der Waals surface area contributed by atoms with E-state index >= 15 is 0 Å². The van der Waals surface area contributed by atoms with Gasteiger partial charge in [0.25, 0.3) is 0 Å². The lowest BCUT2D eigenvalue weighted by Crippen LogP contribution is -2.38. The van der Waals surface area contributed by atoms with Crippen LogP contribution in [-0.4, -0.2) is 24.5 Å². The molecule has 0 spiro atoms. The van der Waals surface area contributed by atoms with E-state index in [1.165, 1.54) is 17.6 Å². The molecular formula is C16H18ClNO2S2. The number of fused-ring (bicyclic) bond motifs is 1. The molecule has 1 aliphatic rings. The normalized spacial score (nSPS) is 15.5. The third kappa shape index (κ3) is 3.33. The maximum atomic E-state index is 12.3. The number of methoxy groups -OCH3 is 1. The number of thiophene rings is 1. The molecular weight excluding hydrogens is 338 g/mol. The van der Waals surface area contributed by atoms with Crippen molar-refractivity contribution in [3.05, 3.63) is 56.7 Å². The topological polar surface area (TPSA) is 29.5 Å². The second-order valence-corrected chi connectivity index (χ2v) is 6.44. The van der Waals surface area contributed by atoms with Crippen LogP contribution in [0.4, 0.5) is 0 Å². The van der Waals surface area contributed by atoms with Gasteiger partial charge in [0.05, 0.1) is 7.11 Å². The molecule has 0 saturated heterocycles. The first-order valence-electron chi connectivity index (χ1n) is 6.82. The first-order chi connectivity index (χ1) is 10.2. The highest BCUT2D eigenvalue weighted by molar-refractivity contribution is 7.59. The number of benzene rings is 1. The van der Waals surface area contributed by atoms with Gasteiger partial charge < -0.3 is 4.74 Å². The predicted octanol–water partition coefficient (Wildman–Crippen LogP) is 3.79. The average Bonchev–Trinajstić information content (AvgIpc) is 2.97. The van der Waals surface area contributed by atoms with Crippen molar-refractivity contribution >= 4 is 42.4 Å². The van der Waals surface area contributed by atoms with E-state index in [9.17, 15) is 4.79 Å². The molecule has 1 aromatic heterocycles. The molecule has 1 aromatic carbocycles. The molecule has 0 aliphatic carbocycles. The van der Waals surface area contributed by atoms with Crippen molar-refractivity contribution in [1.82, 2.24) is 4.90 Å². The maximum absolute atomic E-state index is 12.3. The first-order valence-corrected chi connectivity index (χ1v) is 8.08. The molecule has 0 bridgehead atoms. The summed E-state index contributed by atoms with van der Waals surface area (Å²) < 4.78 is 5.01. The van der Waals surface area contributed by atoms with Crippen molar-refractivity contribution in [3.8, 4) is 0 Å². The fourth-order valence-electron chi connectivity index (χ4n) is 2.77. The molecule has 0 radical (unpaired) electrons. The summed E-state index contributed by atoms with van der Waals surface area (Å²) in [5, 5.41) is 2.71. The molecule has 2 heterocycles. The van der Waals surface area contributed by atoms with Gasteiger partial charge in [-0.2, -0.15) is 13.5 Å². The first kappa shape index (κ1) is 17.3. The quantitative estimate of drug-likeness (QED) is 0.784. The largest absolute Gasteiger partial charge is 0.468 e. The minimum absolute atomic E-state index is 0. The highest BCUT2D eigenvalue weighted by Crippen LogP contribution is 2.33. The molecule has 0 amide bonds. The van der Waals surface area contributed by atoms with Crippen molar-refractivity contribution in [1.29, 1.82) is 0 Å². The van der Waals surface area contributed by atoms with E-state index < -0.39 is 6.04 Å². The summed E-state index contributed by atoms with van der Waals surface area (Å²) in [6, 6.07) is 9.16.